The van der Waals surface area contributed by atoms with Crippen LogP contribution >= 0.6 is 47.8 Å². The molecule has 0 radical (unpaired) electrons. The molecule has 3 aromatic rings. The van der Waals surface area contributed by atoms with E-state index in [1.165, 1.54) is 35.2 Å². The molecule has 1 saturated heterocycles. The van der Waals surface area contributed by atoms with E-state index in [1.807, 2.05) is 0 Å². The van der Waals surface area contributed by atoms with Crippen LogP contribution in [0.3, 0.4) is 0 Å². The molecule has 0 saturated carbocycles. The second-order valence-electron chi connectivity index (χ2n) is 7.40. The van der Waals surface area contributed by atoms with Crippen LogP contribution in [0.4, 0.5) is 24.5 Å². The first-order valence-corrected chi connectivity index (χ1v) is 12.1. The van der Waals surface area contributed by atoms with Gasteiger partial charge in [0.15, 0.2) is 5.11 Å². The zero-order valence-electron chi connectivity index (χ0n) is 18.2. The van der Waals surface area contributed by atoms with Crippen molar-refractivity contribution in [1.82, 2.24) is 10.3 Å². The summed E-state index contributed by atoms with van der Waals surface area (Å²) in [5, 5.41) is 14.7. The van der Waals surface area contributed by atoms with Crippen molar-refractivity contribution in [2.75, 3.05) is 4.90 Å². The van der Waals surface area contributed by atoms with Crippen LogP contribution in [0.5, 0.6) is 0 Å². The number of thiocarbonyl (C=S) groups is 2. The average Bonchev–Trinajstić information content (AvgIpc) is 2.83. The van der Waals surface area contributed by atoms with Crippen LogP contribution in [0, 0.1) is 10.1 Å². The fourth-order valence-electron chi connectivity index (χ4n) is 3.21. The Labute approximate surface area is 227 Å². The number of hydrogen-bond donors (Lipinski definition) is 1. The van der Waals surface area contributed by atoms with Gasteiger partial charge in [-0.15, -0.1) is 0 Å². The van der Waals surface area contributed by atoms with Crippen LogP contribution in [0.25, 0.3) is 6.08 Å². The highest BCUT2D eigenvalue weighted by Crippen LogP contribution is 2.35. The maximum Gasteiger partial charge on any atom is 0.417 e. The predicted molar refractivity (Wildman–Crippen MR) is 142 cm³/mol. The minimum Gasteiger partial charge on any atom is -0.298 e. The van der Waals surface area contributed by atoms with Crippen molar-refractivity contribution >= 4 is 81.3 Å². The third-order valence-electron chi connectivity index (χ3n) is 4.97. The average molecular weight is 581 g/mol. The summed E-state index contributed by atoms with van der Waals surface area (Å²) < 4.78 is 38.6. The SMILES string of the molecule is O=C1NC(=S)N(c2ccc(Cl)cc2)C(=S)/C1=C/c1cc([N+](=O)[O-])ccc1Sc1ccc(C(F)(F)F)cn1. The van der Waals surface area contributed by atoms with Crippen LogP contribution in [0.1, 0.15) is 11.1 Å². The number of nitrogens with zero attached hydrogens (tertiary/aromatic N) is 3. The van der Waals surface area contributed by atoms with E-state index in [0.29, 0.717) is 21.8 Å². The van der Waals surface area contributed by atoms with Crippen molar-refractivity contribution in [1.29, 1.82) is 0 Å². The summed E-state index contributed by atoms with van der Waals surface area (Å²) in [5.74, 6) is -0.615. The summed E-state index contributed by atoms with van der Waals surface area (Å²) in [4.78, 5) is 29.3. The number of rotatable bonds is 5. The van der Waals surface area contributed by atoms with Gasteiger partial charge in [-0.05, 0) is 66.3 Å². The van der Waals surface area contributed by atoms with Gasteiger partial charge in [0.2, 0.25) is 0 Å². The molecule has 0 spiro atoms. The molecule has 37 heavy (non-hydrogen) atoms. The van der Waals surface area contributed by atoms with E-state index in [9.17, 15) is 28.1 Å². The Hall–Kier alpha value is -3.39. The second-order valence-corrected chi connectivity index (χ2v) is 9.67. The van der Waals surface area contributed by atoms with E-state index < -0.39 is 22.6 Å². The molecule has 1 amide bonds. The number of carbonyl (C=O) groups excluding carboxylic acids is 1. The van der Waals surface area contributed by atoms with Crippen molar-refractivity contribution in [2.24, 2.45) is 0 Å². The fourth-order valence-corrected chi connectivity index (χ4v) is 4.87. The van der Waals surface area contributed by atoms with Gasteiger partial charge in [-0.1, -0.05) is 35.6 Å². The smallest absolute Gasteiger partial charge is 0.298 e. The zero-order chi connectivity index (χ0) is 26.9. The molecule has 0 atom stereocenters. The largest absolute Gasteiger partial charge is 0.417 e. The number of non-ortho nitro benzene ring substituents is 1. The van der Waals surface area contributed by atoms with Gasteiger partial charge in [0.05, 0.1) is 16.1 Å². The number of alkyl halides is 3. The summed E-state index contributed by atoms with van der Waals surface area (Å²) >= 11 is 17.7. The van der Waals surface area contributed by atoms with Gasteiger partial charge in [0.25, 0.3) is 11.6 Å². The molecular weight excluding hydrogens is 569 g/mol. The van der Waals surface area contributed by atoms with Crippen molar-refractivity contribution < 1.29 is 22.9 Å². The highest BCUT2D eigenvalue weighted by molar-refractivity contribution is 7.99. The minimum absolute atomic E-state index is 0.00118. The van der Waals surface area contributed by atoms with Crippen LogP contribution in [0.2, 0.25) is 5.02 Å². The van der Waals surface area contributed by atoms with Gasteiger partial charge in [0.1, 0.15) is 10.0 Å². The topological polar surface area (TPSA) is 88.4 Å². The van der Waals surface area contributed by atoms with E-state index in [4.69, 9.17) is 36.0 Å². The third kappa shape index (κ3) is 5.96. The lowest BCUT2D eigenvalue weighted by molar-refractivity contribution is -0.384. The minimum atomic E-state index is -4.54. The van der Waals surface area contributed by atoms with Crippen molar-refractivity contribution in [3.8, 4) is 0 Å². The molecule has 0 unspecified atom stereocenters. The molecule has 2 heterocycles. The Morgan fingerprint density at radius 2 is 1.81 bits per heavy atom. The number of amides is 1. The van der Waals surface area contributed by atoms with E-state index in [2.05, 4.69) is 10.3 Å². The molecule has 4 rings (SSSR count). The molecule has 0 aliphatic carbocycles. The summed E-state index contributed by atoms with van der Waals surface area (Å²) in [7, 11) is 0. The first-order valence-electron chi connectivity index (χ1n) is 10.1. The fraction of sp³-hybridized carbons (Fsp3) is 0.0435. The maximum absolute atomic E-state index is 12.9. The quantitative estimate of drug-likeness (QED) is 0.160. The molecule has 2 aromatic carbocycles. The van der Waals surface area contributed by atoms with E-state index >= 15 is 0 Å². The van der Waals surface area contributed by atoms with Gasteiger partial charge in [-0.3, -0.25) is 25.1 Å². The molecular formula is C23H12ClF3N4O3S3. The number of halogens is 4. The van der Waals surface area contributed by atoms with E-state index in [-0.39, 0.29) is 32.0 Å². The number of hydrogen-bond acceptors (Lipinski definition) is 7. The Balaban J connectivity index is 1.74. The van der Waals surface area contributed by atoms with Crippen LogP contribution in [-0.4, -0.2) is 25.9 Å². The number of nitro benzene ring substituents is 1. The van der Waals surface area contributed by atoms with Gasteiger partial charge < -0.3 is 0 Å². The van der Waals surface area contributed by atoms with Crippen molar-refractivity contribution in [3.63, 3.8) is 0 Å². The third-order valence-corrected chi connectivity index (χ3v) is 6.95. The monoisotopic (exact) mass is 580 g/mol. The molecule has 1 N–H and O–H groups in total. The number of pyridine rings is 1. The van der Waals surface area contributed by atoms with Crippen LogP contribution in [0.15, 0.2) is 76.3 Å². The highest BCUT2D eigenvalue weighted by Gasteiger charge is 2.32. The number of benzene rings is 2. The number of aromatic nitrogens is 1. The second kappa shape index (κ2) is 10.5. The van der Waals surface area contributed by atoms with Crippen molar-refractivity contribution in [2.45, 2.75) is 16.1 Å². The summed E-state index contributed by atoms with van der Waals surface area (Å²) in [5.41, 5.74) is -0.402. The predicted octanol–water partition coefficient (Wildman–Crippen LogP) is 6.45. The Morgan fingerprint density at radius 1 is 1.11 bits per heavy atom. The molecule has 0 bridgehead atoms. The van der Waals surface area contributed by atoms with Crippen LogP contribution < -0.4 is 10.2 Å². The van der Waals surface area contributed by atoms with Gasteiger partial charge in [-0.25, -0.2) is 4.98 Å². The Morgan fingerprint density at radius 3 is 2.41 bits per heavy atom. The Kier molecular flexibility index (Phi) is 7.59. The number of carbonyl (C=O) groups is 1. The molecule has 7 nitrogen and oxygen atoms in total. The molecule has 188 valence electrons. The van der Waals surface area contributed by atoms with Crippen molar-refractivity contribution in [3.05, 3.63) is 92.6 Å². The lowest BCUT2D eigenvalue weighted by Gasteiger charge is -2.31. The summed E-state index contributed by atoms with van der Waals surface area (Å²) in [6.45, 7) is 0. The maximum atomic E-state index is 12.9. The van der Waals surface area contributed by atoms with Gasteiger partial charge in [-0.2, -0.15) is 13.2 Å². The molecule has 14 heteroatoms. The lowest BCUT2D eigenvalue weighted by atomic mass is 10.1. The first kappa shape index (κ1) is 26.7. The zero-order valence-corrected chi connectivity index (χ0v) is 21.4. The number of anilines is 1. The standard InChI is InChI=1S/C23H12ClF3N4O3S3/c24-14-2-4-15(5-3-14)30-21(35)17(20(32)29-22(30)36)10-12-9-16(31(33)34)6-7-18(12)37-19-8-1-13(11-28-19)23(25,26)27/h1-11H,(H,29,32,36)/b17-10+. The first-order chi connectivity index (χ1) is 17.4. The van der Waals surface area contributed by atoms with Gasteiger partial charge in [0, 0.05) is 33.9 Å². The normalized spacial score (nSPS) is 15.2. The Bertz CT molecular complexity index is 1460. The van der Waals surface area contributed by atoms with E-state index in [0.717, 1.165) is 17.8 Å². The molecule has 1 aliphatic heterocycles. The summed E-state index contributed by atoms with van der Waals surface area (Å²) in [6, 6.07) is 12.5. The molecule has 1 aliphatic rings. The van der Waals surface area contributed by atoms with Gasteiger partial charge >= 0.3 is 6.18 Å². The lowest BCUT2D eigenvalue weighted by Crippen LogP contribution is -2.53. The highest BCUT2D eigenvalue weighted by atomic mass is 35.5. The molecule has 1 aromatic heterocycles. The van der Waals surface area contributed by atoms with E-state index in [1.54, 1.807) is 24.3 Å². The summed E-state index contributed by atoms with van der Waals surface area (Å²) in [6.07, 6.45) is -2.48. The van der Waals surface area contributed by atoms with Crippen LogP contribution in [-0.2, 0) is 11.0 Å². The number of nitro groups is 1. The number of nitrogens with one attached hydrogen (secondary N) is 1. The molecule has 1 fully saturated rings.